The van der Waals surface area contributed by atoms with Crippen LogP contribution < -0.4 is 15.0 Å². The van der Waals surface area contributed by atoms with Gasteiger partial charge in [0.2, 0.25) is 0 Å². The summed E-state index contributed by atoms with van der Waals surface area (Å²) < 4.78 is 52.4. The second kappa shape index (κ2) is 10.6. The van der Waals surface area contributed by atoms with Gasteiger partial charge in [0.1, 0.15) is 0 Å². The van der Waals surface area contributed by atoms with E-state index in [0.717, 1.165) is 23.2 Å². The molecule has 0 aliphatic rings. The summed E-state index contributed by atoms with van der Waals surface area (Å²) in [5.41, 5.74) is -0.501. The van der Waals surface area contributed by atoms with E-state index in [2.05, 4.69) is 10.1 Å². The monoisotopic (exact) mass is 529 g/mol. The summed E-state index contributed by atoms with van der Waals surface area (Å²) in [5, 5.41) is 4.85. The first-order chi connectivity index (χ1) is 17.6. The number of hydrogen-bond donors (Lipinski definition) is 0. The van der Waals surface area contributed by atoms with Gasteiger partial charge in [-0.25, -0.2) is 4.98 Å². The maximum absolute atomic E-state index is 13.4. The van der Waals surface area contributed by atoms with Gasteiger partial charge in [0.25, 0.3) is 5.56 Å². The minimum Gasteiger partial charge on any atom is -0.493 e. The summed E-state index contributed by atoms with van der Waals surface area (Å²) in [6.07, 6.45) is -2.54. The third-order valence-corrected chi connectivity index (χ3v) is 5.95. The SMILES string of the molecule is CC[C@@H](C)Oc1c(Cl)cc(C=Nn2c(-c3cccc(C(F)(F)F)c3)nc3ccccc3c2=O)cc1OC. The van der Waals surface area contributed by atoms with Crippen molar-refractivity contribution in [1.82, 2.24) is 9.66 Å². The summed E-state index contributed by atoms with van der Waals surface area (Å²) in [7, 11) is 1.47. The van der Waals surface area contributed by atoms with Crippen molar-refractivity contribution >= 4 is 28.7 Å². The number of ether oxygens (including phenoxy) is 2. The zero-order valence-corrected chi connectivity index (χ0v) is 21.0. The van der Waals surface area contributed by atoms with Gasteiger partial charge in [-0.1, -0.05) is 42.8 Å². The van der Waals surface area contributed by atoms with E-state index in [0.29, 0.717) is 22.6 Å². The number of nitrogens with zero attached hydrogens (tertiary/aromatic N) is 3. The van der Waals surface area contributed by atoms with Gasteiger partial charge in [0.15, 0.2) is 17.3 Å². The van der Waals surface area contributed by atoms with Crippen LogP contribution in [0.1, 0.15) is 31.4 Å². The minimum atomic E-state index is -4.56. The molecule has 192 valence electrons. The highest BCUT2D eigenvalue weighted by Gasteiger charge is 2.31. The molecule has 0 amide bonds. The molecular weight excluding hydrogens is 507 g/mol. The topological polar surface area (TPSA) is 65.7 Å². The Bertz CT molecular complexity index is 1530. The molecule has 0 radical (unpaired) electrons. The Morgan fingerprint density at radius 2 is 1.89 bits per heavy atom. The summed E-state index contributed by atoms with van der Waals surface area (Å²) >= 11 is 6.44. The zero-order chi connectivity index (χ0) is 26.7. The molecule has 1 aromatic heterocycles. The van der Waals surface area contributed by atoms with E-state index in [4.69, 9.17) is 21.1 Å². The smallest absolute Gasteiger partial charge is 0.416 e. The van der Waals surface area contributed by atoms with Crippen LogP contribution in [0.2, 0.25) is 5.02 Å². The molecular formula is C27H23ClF3N3O3. The van der Waals surface area contributed by atoms with Crippen molar-refractivity contribution in [2.75, 3.05) is 7.11 Å². The van der Waals surface area contributed by atoms with Gasteiger partial charge in [-0.2, -0.15) is 22.9 Å². The van der Waals surface area contributed by atoms with Crippen molar-refractivity contribution in [3.8, 4) is 22.9 Å². The van der Waals surface area contributed by atoms with E-state index in [1.807, 2.05) is 13.8 Å². The van der Waals surface area contributed by atoms with E-state index in [9.17, 15) is 18.0 Å². The van der Waals surface area contributed by atoms with Gasteiger partial charge in [-0.05, 0) is 55.3 Å². The Kier molecular flexibility index (Phi) is 7.54. The molecule has 37 heavy (non-hydrogen) atoms. The first-order valence-electron chi connectivity index (χ1n) is 11.4. The quantitative estimate of drug-likeness (QED) is 0.247. The lowest BCUT2D eigenvalue weighted by atomic mass is 10.1. The van der Waals surface area contributed by atoms with Crippen LogP contribution in [0.4, 0.5) is 13.2 Å². The molecule has 0 N–H and O–H groups in total. The van der Waals surface area contributed by atoms with Crippen molar-refractivity contribution in [2.24, 2.45) is 5.10 Å². The number of para-hydroxylation sites is 1. The number of hydrogen-bond acceptors (Lipinski definition) is 5. The number of benzene rings is 3. The molecule has 10 heteroatoms. The summed E-state index contributed by atoms with van der Waals surface area (Å²) in [6.45, 7) is 3.88. The van der Waals surface area contributed by atoms with E-state index < -0.39 is 17.3 Å². The van der Waals surface area contributed by atoms with Gasteiger partial charge in [0.05, 0.1) is 40.9 Å². The first-order valence-corrected chi connectivity index (χ1v) is 11.8. The predicted octanol–water partition coefficient (Wildman–Crippen LogP) is 6.80. The van der Waals surface area contributed by atoms with E-state index in [1.165, 1.54) is 25.5 Å². The van der Waals surface area contributed by atoms with E-state index in [1.54, 1.807) is 36.4 Å². The minimum absolute atomic E-state index is 0.0409. The standard InChI is InChI=1S/C27H23ClF3N3O3/c1-4-16(2)37-24-21(28)12-17(13-23(24)36-3)15-32-34-25(18-8-7-9-19(14-18)27(29,30)31)33-22-11-6-5-10-20(22)26(34)35/h5-16H,4H2,1-3H3/t16-/m1/s1. The molecule has 3 aromatic carbocycles. The van der Waals surface area contributed by atoms with E-state index in [-0.39, 0.29) is 27.9 Å². The van der Waals surface area contributed by atoms with Crippen molar-refractivity contribution < 1.29 is 22.6 Å². The highest BCUT2D eigenvalue weighted by molar-refractivity contribution is 6.32. The molecule has 0 spiro atoms. The number of alkyl halides is 3. The highest BCUT2D eigenvalue weighted by Crippen LogP contribution is 2.37. The molecule has 1 heterocycles. The Labute approximate surface area is 215 Å². The Hall–Kier alpha value is -3.85. The summed E-state index contributed by atoms with van der Waals surface area (Å²) in [4.78, 5) is 17.8. The molecule has 0 aliphatic carbocycles. The van der Waals surface area contributed by atoms with Crippen molar-refractivity contribution in [1.29, 1.82) is 0 Å². The summed E-state index contributed by atoms with van der Waals surface area (Å²) in [5.74, 6) is 0.710. The van der Waals surface area contributed by atoms with Gasteiger partial charge in [0, 0.05) is 5.56 Å². The second-order valence-electron chi connectivity index (χ2n) is 8.26. The lowest BCUT2D eigenvalue weighted by Crippen LogP contribution is -2.20. The maximum atomic E-state index is 13.4. The average Bonchev–Trinajstić information content (AvgIpc) is 2.88. The van der Waals surface area contributed by atoms with Gasteiger partial charge in [-0.3, -0.25) is 4.79 Å². The third-order valence-electron chi connectivity index (χ3n) is 5.67. The van der Waals surface area contributed by atoms with Crippen LogP contribution in [-0.4, -0.2) is 29.1 Å². The van der Waals surface area contributed by atoms with Crippen LogP contribution in [0.5, 0.6) is 11.5 Å². The van der Waals surface area contributed by atoms with Crippen LogP contribution in [0.15, 0.2) is 70.6 Å². The molecule has 0 fully saturated rings. The Morgan fingerprint density at radius 3 is 2.59 bits per heavy atom. The number of aromatic nitrogens is 2. The van der Waals surface area contributed by atoms with Crippen molar-refractivity contribution in [3.63, 3.8) is 0 Å². The zero-order valence-electron chi connectivity index (χ0n) is 20.2. The molecule has 6 nitrogen and oxygen atoms in total. The normalized spacial score (nSPS) is 12.7. The highest BCUT2D eigenvalue weighted by atomic mass is 35.5. The molecule has 4 aromatic rings. The van der Waals surface area contributed by atoms with Gasteiger partial charge in [-0.15, -0.1) is 0 Å². The molecule has 0 saturated heterocycles. The number of halogens is 4. The molecule has 0 bridgehead atoms. The molecule has 1 atom stereocenters. The Balaban J connectivity index is 1.86. The fourth-order valence-electron chi connectivity index (χ4n) is 3.59. The van der Waals surface area contributed by atoms with Gasteiger partial charge < -0.3 is 9.47 Å². The predicted molar refractivity (Wildman–Crippen MR) is 138 cm³/mol. The number of rotatable bonds is 7. The third kappa shape index (κ3) is 5.61. The maximum Gasteiger partial charge on any atom is 0.416 e. The van der Waals surface area contributed by atoms with Crippen LogP contribution in [-0.2, 0) is 6.18 Å². The average molecular weight is 530 g/mol. The molecule has 0 aliphatic heterocycles. The first kappa shape index (κ1) is 26.2. The van der Waals surface area contributed by atoms with Crippen molar-refractivity contribution in [3.05, 3.63) is 87.2 Å². The van der Waals surface area contributed by atoms with Crippen molar-refractivity contribution in [2.45, 2.75) is 32.5 Å². The van der Waals surface area contributed by atoms with Crippen LogP contribution in [0.25, 0.3) is 22.3 Å². The summed E-state index contributed by atoms with van der Waals surface area (Å²) in [6, 6.07) is 14.4. The van der Waals surface area contributed by atoms with E-state index >= 15 is 0 Å². The molecule has 4 rings (SSSR count). The van der Waals surface area contributed by atoms with Crippen LogP contribution in [0, 0.1) is 0 Å². The molecule has 0 saturated carbocycles. The van der Waals surface area contributed by atoms with Crippen LogP contribution in [0.3, 0.4) is 0 Å². The van der Waals surface area contributed by atoms with Crippen LogP contribution >= 0.6 is 11.6 Å². The fourth-order valence-corrected chi connectivity index (χ4v) is 3.85. The number of fused-ring (bicyclic) bond motifs is 1. The second-order valence-corrected chi connectivity index (χ2v) is 8.67. The lowest BCUT2D eigenvalue weighted by molar-refractivity contribution is -0.137. The van der Waals surface area contributed by atoms with Gasteiger partial charge >= 0.3 is 6.18 Å². The lowest BCUT2D eigenvalue weighted by Gasteiger charge is -2.17. The molecule has 0 unspecified atom stereocenters. The Morgan fingerprint density at radius 1 is 1.14 bits per heavy atom. The number of methoxy groups -OCH3 is 1. The fraction of sp³-hybridized carbons (Fsp3) is 0.222. The largest absolute Gasteiger partial charge is 0.493 e.